The van der Waals surface area contributed by atoms with Crippen LogP contribution in [0.5, 0.6) is 0 Å². The lowest BCUT2D eigenvalue weighted by molar-refractivity contribution is 0.414. The van der Waals surface area contributed by atoms with Crippen LogP contribution in [0.2, 0.25) is 0 Å². The molecule has 2 aliphatic rings. The maximum atomic E-state index is 3.96. The second kappa shape index (κ2) is 9.17. The Hall–Kier alpha value is -2.22. The highest BCUT2D eigenvalue weighted by atomic mass is 15.1. The van der Waals surface area contributed by atoms with Gasteiger partial charge in [-0.25, -0.2) is 0 Å². The Balaban J connectivity index is 1.77. The minimum Gasteiger partial charge on any atom is -0.373 e. The fourth-order valence-corrected chi connectivity index (χ4v) is 2.53. The Morgan fingerprint density at radius 2 is 1.29 bits per heavy atom. The molecule has 0 unspecified atom stereocenters. The highest BCUT2D eigenvalue weighted by molar-refractivity contribution is 5.41. The van der Waals surface area contributed by atoms with Crippen molar-refractivity contribution in [3.05, 3.63) is 84.3 Å². The molecule has 2 nitrogen and oxygen atoms in total. The standard InChI is InChI=1S/C22H30N2/c1-19(2)7-13-23-15-9-21(10-16-23)5-6-22-11-17-24(18-12-22)14-8-20(3)4/h5-6,9-12,15,17H,1,3,7-8,13-14,16,18H2,2,4H3. The molecule has 0 saturated heterocycles. The summed E-state index contributed by atoms with van der Waals surface area (Å²) in [7, 11) is 0. The first-order valence-electron chi connectivity index (χ1n) is 8.74. The zero-order valence-corrected chi connectivity index (χ0v) is 15.2. The lowest BCUT2D eigenvalue weighted by atomic mass is 10.1. The van der Waals surface area contributed by atoms with Crippen molar-refractivity contribution in [1.29, 1.82) is 0 Å². The van der Waals surface area contributed by atoms with Crippen LogP contribution < -0.4 is 0 Å². The van der Waals surface area contributed by atoms with Crippen LogP contribution in [-0.2, 0) is 0 Å². The van der Waals surface area contributed by atoms with Crippen LogP contribution in [0.25, 0.3) is 0 Å². The molecular formula is C22H30N2. The van der Waals surface area contributed by atoms with Gasteiger partial charge in [0.2, 0.25) is 0 Å². The predicted octanol–water partition coefficient (Wildman–Crippen LogP) is 4.99. The normalized spacial score (nSPS) is 17.2. The van der Waals surface area contributed by atoms with Gasteiger partial charge in [-0.1, -0.05) is 35.5 Å². The maximum absolute atomic E-state index is 3.96. The molecule has 24 heavy (non-hydrogen) atoms. The highest BCUT2D eigenvalue weighted by Crippen LogP contribution is 2.14. The average molecular weight is 322 g/mol. The van der Waals surface area contributed by atoms with Gasteiger partial charge >= 0.3 is 0 Å². The Morgan fingerprint density at radius 1 is 0.875 bits per heavy atom. The number of rotatable bonds is 8. The summed E-state index contributed by atoms with van der Waals surface area (Å²) in [6, 6.07) is 0. The van der Waals surface area contributed by atoms with Crippen LogP contribution in [0.1, 0.15) is 26.7 Å². The molecule has 0 N–H and O–H groups in total. The molecule has 0 amide bonds. The predicted molar refractivity (Wildman–Crippen MR) is 106 cm³/mol. The molecule has 0 fully saturated rings. The van der Waals surface area contributed by atoms with Crippen LogP contribution in [0.15, 0.2) is 84.3 Å². The Labute approximate surface area is 147 Å². The lowest BCUT2D eigenvalue weighted by Gasteiger charge is -2.22. The average Bonchev–Trinajstić information content (AvgIpc) is 2.58. The molecule has 2 rings (SSSR count). The number of hydrogen-bond donors (Lipinski definition) is 0. The van der Waals surface area contributed by atoms with E-state index in [1.165, 1.54) is 22.3 Å². The molecule has 0 spiro atoms. The van der Waals surface area contributed by atoms with Crippen molar-refractivity contribution < 1.29 is 0 Å². The Kier molecular flexibility index (Phi) is 6.92. The van der Waals surface area contributed by atoms with Gasteiger partial charge in [-0.2, -0.15) is 0 Å². The molecule has 2 heteroatoms. The van der Waals surface area contributed by atoms with Gasteiger partial charge in [0.25, 0.3) is 0 Å². The van der Waals surface area contributed by atoms with Gasteiger partial charge < -0.3 is 9.80 Å². The minimum atomic E-state index is 0.979. The zero-order valence-electron chi connectivity index (χ0n) is 15.2. The summed E-state index contributed by atoms with van der Waals surface area (Å²) < 4.78 is 0. The second-order valence-electron chi connectivity index (χ2n) is 6.78. The van der Waals surface area contributed by atoms with Gasteiger partial charge in [-0.3, -0.25) is 0 Å². The van der Waals surface area contributed by atoms with Crippen molar-refractivity contribution >= 4 is 0 Å². The number of allylic oxidation sites excluding steroid dienone is 6. The number of nitrogens with zero attached hydrogens (tertiary/aromatic N) is 2. The van der Waals surface area contributed by atoms with E-state index in [1.807, 2.05) is 0 Å². The van der Waals surface area contributed by atoms with Gasteiger partial charge in [-0.05, 0) is 62.4 Å². The molecule has 128 valence electrons. The number of hydrogen-bond acceptors (Lipinski definition) is 2. The third-order valence-corrected chi connectivity index (χ3v) is 4.20. The molecule has 0 atom stereocenters. The molecule has 0 saturated carbocycles. The van der Waals surface area contributed by atoms with E-state index in [4.69, 9.17) is 0 Å². The quantitative estimate of drug-likeness (QED) is 0.581. The molecular weight excluding hydrogens is 292 g/mol. The van der Waals surface area contributed by atoms with Gasteiger partial charge in [0.1, 0.15) is 0 Å². The monoisotopic (exact) mass is 322 g/mol. The molecule has 0 aromatic carbocycles. The summed E-state index contributed by atoms with van der Waals surface area (Å²) in [6.45, 7) is 16.2. The van der Waals surface area contributed by atoms with Crippen LogP contribution in [0.4, 0.5) is 0 Å². The fourth-order valence-electron chi connectivity index (χ4n) is 2.53. The van der Waals surface area contributed by atoms with E-state index < -0.39 is 0 Å². The molecule has 0 aliphatic carbocycles. The van der Waals surface area contributed by atoms with Gasteiger partial charge in [0, 0.05) is 26.2 Å². The third kappa shape index (κ3) is 6.49. The highest BCUT2D eigenvalue weighted by Gasteiger charge is 2.04. The van der Waals surface area contributed by atoms with Gasteiger partial charge in [0.15, 0.2) is 0 Å². The SMILES string of the molecule is C=C(C)CCN1C=CC(C=CC2=CCN(CCC(=C)C)C=C2)=CC1. The van der Waals surface area contributed by atoms with E-state index in [1.54, 1.807) is 0 Å². The van der Waals surface area contributed by atoms with E-state index in [9.17, 15) is 0 Å². The lowest BCUT2D eigenvalue weighted by Crippen LogP contribution is -2.21. The van der Waals surface area contributed by atoms with Crippen molar-refractivity contribution in [2.75, 3.05) is 26.2 Å². The summed E-state index contributed by atoms with van der Waals surface area (Å²) in [4.78, 5) is 4.65. The molecule has 0 aromatic rings. The Bertz CT molecular complexity index is 560. The van der Waals surface area contributed by atoms with E-state index in [-0.39, 0.29) is 0 Å². The van der Waals surface area contributed by atoms with Crippen molar-refractivity contribution in [3.8, 4) is 0 Å². The summed E-state index contributed by atoms with van der Waals surface area (Å²) in [5.74, 6) is 0. The Morgan fingerprint density at radius 3 is 1.58 bits per heavy atom. The van der Waals surface area contributed by atoms with Crippen LogP contribution in [0.3, 0.4) is 0 Å². The van der Waals surface area contributed by atoms with Gasteiger partial charge in [-0.15, -0.1) is 13.2 Å². The van der Waals surface area contributed by atoms with E-state index in [0.29, 0.717) is 0 Å². The first-order chi connectivity index (χ1) is 11.5. The van der Waals surface area contributed by atoms with E-state index >= 15 is 0 Å². The second-order valence-corrected chi connectivity index (χ2v) is 6.78. The molecule has 2 heterocycles. The summed E-state index contributed by atoms with van der Waals surface area (Å²) >= 11 is 0. The van der Waals surface area contributed by atoms with Crippen molar-refractivity contribution in [1.82, 2.24) is 9.80 Å². The molecule has 0 aromatic heterocycles. The van der Waals surface area contributed by atoms with Crippen molar-refractivity contribution in [2.24, 2.45) is 0 Å². The molecule has 2 aliphatic heterocycles. The topological polar surface area (TPSA) is 6.48 Å². The van der Waals surface area contributed by atoms with E-state index in [2.05, 4.69) is 85.7 Å². The van der Waals surface area contributed by atoms with Crippen LogP contribution in [-0.4, -0.2) is 36.0 Å². The third-order valence-electron chi connectivity index (χ3n) is 4.20. The van der Waals surface area contributed by atoms with Gasteiger partial charge in [0.05, 0.1) is 0 Å². The molecule has 0 bridgehead atoms. The van der Waals surface area contributed by atoms with Crippen molar-refractivity contribution in [2.45, 2.75) is 26.7 Å². The first kappa shape index (κ1) is 18.1. The fraction of sp³-hybridized carbons (Fsp3) is 0.364. The first-order valence-corrected chi connectivity index (χ1v) is 8.74. The maximum Gasteiger partial charge on any atom is 0.0362 e. The summed E-state index contributed by atoms with van der Waals surface area (Å²) in [5.41, 5.74) is 5.04. The summed E-state index contributed by atoms with van der Waals surface area (Å²) in [5, 5.41) is 0. The largest absolute Gasteiger partial charge is 0.373 e. The van der Waals surface area contributed by atoms with Crippen LogP contribution >= 0.6 is 0 Å². The van der Waals surface area contributed by atoms with Crippen LogP contribution in [0, 0.1) is 0 Å². The van der Waals surface area contributed by atoms with E-state index in [0.717, 1.165) is 39.0 Å². The zero-order chi connectivity index (χ0) is 17.4. The van der Waals surface area contributed by atoms with Crippen molar-refractivity contribution in [3.63, 3.8) is 0 Å². The summed E-state index contributed by atoms with van der Waals surface area (Å²) in [6.07, 6.45) is 19.8. The molecule has 0 radical (unpaired) electrons. The smallest absolute Gasteiger partial charge is 0.0362 e. The minimum absolute atomic E-state index is 0.979.